The molecule has 0 fully saturated rings. The van der Waals surface area contributed by atoms with Gasteiger partial charge in [-0.1, -0.05) is 97.1 Å². The Morgan fingerprint density at radius 1 is 0.511 bits per heavy atom. The number of hydrogen-bond donors (Lipinski definition) is 0. The van der Waals surface area contributed by atoms with E-state index in [1.165, 1.54) is 47.1 Å². The highest BCUT2D eigenvalue weighted by atomic mass is 32.1. The summed E-state index contributed by atoms with van der Waals surface area (Å²) in [5.41, 5.74) is 6.07. The predicted molar refractivity (Wildman–Crippen MR) is 197 cm³/mol. The van der Waals surface area contributed by atoms with E-state index in [0.29, 0.717) is 5.71 Å². The summed E-state index contributed by atoms with van der Waals surface area (Å²) in [6, 6.07) is 49.6. The van der Waals surface area contributed by atoms with Crippen LogP contribution in [0.15, 0.2) is 144 Å². The van der Waals surface area contributed by atoms with Crippen LogP contribution in [0.4, 0.5) is 0 Å². The molecule has 0 N–H and O–H groups in total. The molecule has 47 heavy (non-hydrogen) atoms. The summed E-state index contributed by atoms with van der Waals surface area (Å²) in [5, 5.41) is 10.9. The molecule has 4 heterocycles. The van der Waals surface area contributed by atoms with E-state index in [1.807, 2.05) is 29.5 Å². The van der Waals surface area contributed by atoms with Crippen molar-refractivity contribution in [1.29, 1.82) is 0 Å². The second kappa shape index (κ2) is 9.25. The molecule has 0 amide bonds. The van der Waals surface area contributed by atoms with Crippen molar-refractivity contribution in [1.82, 2.24) is 14.5 Å². The topological polar surface area (TPSA) is 43.9 Å². The molecule has 0 aliphatic heterocycles. The van der Waals surface area contributed by atoms with Crippen molar-refractivity contribution >= 4 is 97.1 Å². The molecule has 0 saturated heterocycles. The van der Waals surface area contributed by atoms with Crippen molar-refractivity contribution in [2.45, 2.75) is 0 Å². The van der Waals surface area contributed by atoms with Crippen molar-refractivity contribution in [2.75, 3.05) is 0 Å². The first-order valence-electron chi connectivity index (χ1n) is 15.7. The number of furan rings is 1. The predicted octanol–water partition coefficient (Wildman–Crippen LogP) is 11.8. The van der Waals surface area contributed by atoms with Crippen molar-refractivity contribution in [3.8, 4) is 17.1 Å². The Balaban J connectivity index is 1.29. The third-order valence-corrected chi connectivity index (χ3v) is 10.7. The van der Waals surface area contributed by atoms with E-state index in [1.54, 1.807) is 0 Å². The molecule has 0 saturated carbocycles. The minimum absolute atomic E-state index is 0.539. The fourth-order valence-electron chi connectivity index (χ4n) is 7.44. The molecule has 0 radical (unpaired) electrons. The normalized spacial score (nSPS) is 12.3. The average molecular weight is 618 g/mol. The Hall–Kier alpha value is -6.04. The molecule has 11 aromatic rings. The smallest absolute Gasteiger partial charge is 0.247 e. The van der Waals surface area contributed by atoms with Gasteiger partial charge in [-0.05, 0) is 64.0 Å². The van der Waals surface area contributed by atoms with E-state index >= 15 is 0 Å². The minimum Gasteiger partial charge on any atom is -0.436 e. The Labute approximate surface area is 271 Å². The molecule has 0 spiro atoms. The summed E-state index contributed by atoms with van der Waals surface area (Å²) in [4.78, 5) is 10.7. The van der Waals surface area contributed by atoms with Gasteiger partial charge < -0.3 is 4.42 Å². The van der Waals surface area contributed by atoms with Gasteiger partial charge in [-0.15, -0.1) is 11.3 Å². The van der Waals surface area contributed by atoms with Crippen LogP contribution in [0.3, 0.4) is 0 Å². The molecule has 5 heteroatoms. The van der Waals surface area contributed by atoms with Crippen molar-refractivity contribution < 1.29 is 4.42 Å². The number of nitrogens with zero attached hydrogens (tertiary/aromatic N) is 3. The zero-order valence-corrected chi connectivity index (χ0v) is 25.8. The van der Waals surface area contributed by atoms with Gasteiger partial charge in [0.25, 0.3) is 0 Å². The minimum atomic E-state index is 0.539. The fourth-order valence-corrected chi connectivity index (χ4v) is 8.57. The standard InChI is InChI=1S/C42H23N3OS/c1-2-11-26-21-27(18-17-24(26)9-1)39-41(43-40-30-14-6-8-16-35(30)46-42(40)44-39)45-33-15-7-5-13-29(33)31-22-32-37(23-34(31)45)47-36-20-19-25-10-3-4-12-28(25)38(32)36/h1-23H. The van der Waals surface area contributed by atoms with Crippen LogP contribution in [0.2, 0.25) is 0 Å². The van der Waals surface area contributed by atoms with E-state index in [2.05, 4.69) is 126 Å². The second-order valence-corrected chi connectivity index (χ2v) is 13.3. The van der Waals surface area contributed by atoms with Gasteiger partial charge in [-0.25, -0.2) is 9.97 Å². The quantitative estimate of drug-likeness (QED) is 0.194. The van der Waals surface area contributed by atoms with Crippen LogP contribution in [0.5, 0.6) is 0 Å². The van der Waals surface area contributed by atoms with Crippen LogP contribution in [-0.4, -0.2) is 14.5 Å². The van der Waals surface area contributed by atoms with Gasteiger partial charge in [0.15, 0.2) is 5.82 Å². The summed E-state index contributed by atoms with van der Waals surface area (Å²) in [6.45, 7) is 0. The maximum Gasteiger partial charge on any atom is 0.247 e. The van der Waals surface area contributed by atoms with Crippen LogP contribution < -0.4 is 0 Å². The van der Waals surface area contributed by atoms with Crippen LogP contribution in [-0.2, 0) is 0 Å². The van der Waals surface area contributed by atoms with Crippen molar-refractivity contribution in [3.05, 3.63) is 140 Å². The maximum absolute atomic E-state index is 6.29. The lowest BCUT2D eigenvalue weighted by atomic mass is 10.0. The lowest BCUT2D eigenvalue weighted by molar-refractivity contribution is 0.653. The highest BCUT2D eigenvalue weighted by molar-refractivity contribution is 7.26. The molecular weight excluding hydrogens is 595 g/mol. The van der Waals surface area contributed by atoms with Crippen LogP contribution in [0, 0.1) is 0 Å². The van der Waals surface area contributed by atoms with Crippen LogP contribution in [0.25, 0.3) is 103 Å². The molecular formula is C42H23N3OS. The maximum atomic E-state index is 6.29. The molecule has 7 aromatic carbocycles. The van der Waals surface area contributed by atoms with Gasteiger partial charge in [-0.2, -0.15) is 0 Å². The zero-order chi connectivity index (χ0) is 30.6. The number of benzene rings is 7. The summed E-state index contributed by atoms with van der Waals surface area (Å²) in [6.07, 6.45) is 0. The van der Waals surface area contributed by atoms with E-state index in [0.717, 1.165) is 50.0 Å². The van der Waals surface area contributed by atoms with Gasteiger partial charge in [0.1, 0.15) is 16.8 Å². The second-order valence-electron chi connectivity index (χ2n) is 12.2. The van der Waals surface area contributed by atoms with E-state index < -0.39 is 0 Å². The molecule has 11 rings (SSSR count). The Bertz CT molecular complexity index is 3090. The van der Waals surface area contributed by atoms with Crippen LogP contribution >= 0.6 is 11.3 Å². The third kappa shape index (κ3) is 3.52. The molecule has 0 unspecified atom stereocenters. The number of aromatic nitrogens is 3. The molecule has 218 valence electrons. The Kier molecular flexibility index (Phi) is 4.96. The van der Waals surface area contributed by atoms with Gasteiger partial charge in [0, 0.05) is 41.9 Å². The molecule has 0 atom stereocenters. The van der Waals surface area contributed by atoms with Gasteiger partial charge in [0.2, 0.25) is 5.71 Å². The molecule has 0 bridgehead atoms. The van der Waals surface area contributed by atoms with Gasteiger partial charge in [-0.3, -0.25) is 4.57 Å². The number of hydrogen-bond acceptors (Lipinski definition) is 4. The first kappa shape index (κ1) is 25.2. The third-order valence-electron chi connectivity index (χ3n) is 9.58. The van der Waals surface area contributed by atoms with Gasteiger partial charge in [0.05, 0.1) is 11.0 Å². The monoisotopic (exact) mass is 617 g/mol. The van der Waals surface area contributed by atoms with E-state index in [9.17, 15) is 0 Å². The van der Waals surface area contributed by atoms with E-state index in [4.69, 9.17) is 14.4 Å². The first-order chi connectivity index (χ1) is 23.3. The summed E-state index contributed by atoms with van der Waals surface area (Å²) >= 11 is 1.85. The number of thiophene rings is 1. The van der Waals surface area contributed by atoms with Gasteiger partial charge >= 0.3 is 0 Å². The highest BCUT2D eigenvalue weighted by Crippen LogP contribution is 2.44. The van der Waals surface area contributed by atoms with E-state index in [-0.39, 0.29) is 0 Å². The summed E-state index contributed by atoms with van der Waals surface area (Å²) in [7, 11) is 0. The largest absolute Gasteiger partial charge is 0.436 e. The molecule has 0 aliphatic carbocycles. The summed E-state index contributed by atoms with van der Waals surface area (Å²) in [5.74, 6) is 0.788. The van der Waals surface area contributed by atoms with Crippen molar-refractivity contribution in [3.63, 3.8) is 0 Å². The highest BCUT2D eigenvalue weighted by Gasteiger charge is 2.23. The van der Waals surface area contributed by atoms with Crippen molar-refractivity contribution in [2.24, 2.45) is 0 Å². The molecule has 4 aromatic heterocycles. The number of rotatable bonds is 2. The Morgan fingerprint density at radius 3 is 2.17 bits per heavy atom. The lowest BCUT2D eigenvalue weighted by Crippen LogP contribution is -2.03. The number of para-hydroxylation sites is 2. The Morgan fingerprint density at radius 2 is 1.26 bits per heavy atom. The first-order valence-corrected chi connectivity index (χ1v) is 16.6. The molecule has 4 nitrogen and oxygen atoms in total. The summed E-state index contributed by atoms with van der Waals surface area (Å²) < 4.78 is 11.2. The average Bonchev–Trinajstić information content (AvgIpc) is 3.78. The number of fused-ring (bicyclic) bond motifs is 12. The van der Waals surface area contributed by atoms with Crippen LogP contribution in [0.1, 0.15) is 0 Å². The fraction of sp³-hybridized carbons (Fsp3) is 0. The lowest BCUT2D eigenvalue weighted by Gasteiger charge is -2.13. The SMILES string of the molecule is c1ccc2cc(-c3nc4oc5ccccc5c4nc3-n3c4ccccc4c4cc5c(cc43)sc3ccc4ccccc4c35)ccc2c1. The zero-order valence-electron chi connectivity index (χ0n) is 24.9. The molecule has 0 aliphatic rings.